The van der Waals surface area contributed by atoms with E-state index >= 15 is 0 Å². The zero-order valence-corrected chi connectivity index (χ0v) is 16.8. The van der Waals surface area contributed by atoms with Crippen molar-refractivity contribution in [1.82, 2.24) is 0 Å². The van der Waals surface area contributed by atoms with Crippen molar-refractivity contribution in [2.24, 2.45) is 0 Å². The third kappa shape index (κ3) is 4.97. The highest BCUT2D eigenvalue weighted by Crippen LogP contribution is 2.25. The van der Waals surface area contributed by atoms with E-state index < -0.39 is 11.6 Å². The van der Waals surface area contributed by atoms with Crippen molar-refractivity contribution in [2.75, 3.05) is 0 Å². The molecule has 0 N–H and O–H groups in total. The van der Waals surface area contributed by atoms with Gasteiger partial charge in [-0.3, -0.25) is 0 Å². The van der Waals surface area contributed by atoms with E-state index in [0.29, 0.717) is 17.5 Å². The van der Waals surface area contributed by atoms with Gasteiger partial charge in [-0.25, -0.2) is 13.2 Å². The van der Waals surface area contributed by atoms with Gasteiger partial charge < -0.3 is 0 Å². The van der Waals surface area contributed by atoms with Crippen molar-refractivity contribution < 1.29 is 13.2 Å². The van der Waals surface area contributed by atoms with E-state index in [4.69, 9.17) is 0 Å². The summed E-state index contributed by atoms with van der Waals surface area (Å²) in [7, 11) is 0. The van der Waals surface area contributed by atoms with E-state index in [1.54, 1.807) is 37.3 Å². The Bertz CT molecular complexity index is 1000. The van der Waals surface area contributed by atoms with E-state index in [1.807, 2.05) is 36.4 Å². The van der Waals surface area contributed by atoms with Crippen molar-refractivity contribution >= 4 is 12.2 Å². The molecule has 0 aliphatic heterocycles. The molecule has 3 aromatic carbocycles. The molecule has 0 fully saturated rings. The molecule has 0 bridgehead atoms. The molecule has 0 nitrogen and oxygen atoms in total. The van der Waals surface area contributed by atoms with Crippen molar-refractivity contribution in [3.05, 3.63) is 94.3 Å². The largest absolute Gasteiger partial charge is 0.206 e. The van der Waals surface area contributed by atoms with Gasteiger partial charge in [0.1, 0.15) is 5.82 Å². The van der Waals surface area contributed by atoms with Crippen LogP contribution in [0.25, 0.3) is 23.3 Å². The van der Waals surface area contributed by atoms with Crippen LogP contribution >= 0.6 is 0 Å². The van der Waals surface area contributed by atoms with E-state index in [9.17, 15) is 13.2 Å². The van der Waals surface area contributed by atoms with Gasteiger partial charge >= 0.3 is 0 Å². The highest BCUT2D eigenvalue weighted by Gasteiger charge is 2.10. The highest BCUT2D eigenvalue weighted by molar-refractivity contribution is 5.72. The molecular weight excluding hydrogens is 369 g/mol. The lowest BCUT2D eigenvalue weighted by Crippen LogP contribution is -1.95. The Morgan fingerprint density at radius 3 is 2.21 bits per heavy atom. The smallest absolute Gasteiger partial charge is 0.166 e. The Balaban J connectivity index is 1.77. The van der Waals surface area contributed by atoms with Gasteiger partial charge in [0.2, 0.25) is 0 Å². The molecule has 3 rings (SSSR count). The topological polar surface area (TPSA) is 0 Å². The molecule has 0 saturated carbocycles. The zero-order chi connectivity index (χ0) is 20.8. The lowest BCUT2D eigenvalue weighted by molar-refractivity contribution is 0.498. The average Bonchev–Trinajstić information content (AvgIpc) is 2.74. The fraction of sp³-hybridized carbons (Fsp3) is 0.231. The van der Waals surface area contributed by atoms with Crippen molar-refractivity contribution in [3.63, 3.8) is 0 Å². The van der Waals surface area contributed by atoms with Crippen LogP contribution in [-0.4, -0.2) is 0 Å². The minimum Gasteiger partial charge on any atom is -0.206 e. The summed E-state index contributed by atoms with van der Waals surface area (Å²) in [5.74, 6) is -1.85. The van der Waals surface area contributed by atoms with Crippen LogP contribution in [0.3, 0.4) is 0 Å². The SMILES string of the molecule is CCCCc1ccc(-c2ccc(C=Cc3ccc(CC)c(F)c3F)cc2)c(F)c1. The Kier molecular flexibility index (Phi) is 6.92. The summed E-state index contributed by atoms with van der Waals surface area (Å²) in [6.45, 7) is 3.91. The molecule has 150 valence electrons. The predicted octanol–water partition coefficient (Wildman–Crippen LogP) is 7.85. The lowest BCUT2D eigenvalue weighted by atomic mass is 9.99. The molecule has 29 heavy (non-hydrogen) atoms. The van der Waals surface area contributed by atoms with Crippen LogP contribution < -0.4 is 0 Å². The molecule has 0 unspecified atom stereocenters. The van der Waals surface area contributed by atoms with Gasteiger partial charge in [0, 0.05) is 11.1 Å². The van der Waals surface area contributed by atoms with Crippen LogP contribution in [0.2, 0.25) is 0 Å². The van der Waals surface area contributed by atoms with Gasteiger partial charge in [-0.05, 0) is 47.6 Å². The molecule has 0 spiro atoms. The second-order valence-corrected chi connectivity index (χ2v) is 7.17. The van der Waals surface area contributed by atoms with Crippen LogP contribution in [0.1, 0.15) is 48.9 Å². The summed E-state index contributed by atoms with van der Waals surface area (Å²) in [6, 6.07) is 15.9. The molecule has 0 aliphatic rings. The number of hydrogen-bond acceptors (Lipinski definition) is 0. The highest BCUT2D eigenvalue weighted by atomic mass is 19.2. The molecular formula is C26H25F3. The summed E-state index contributed by atoms with van der Waals surface area (Å²) in [5.41, 5.74) is 3.75. The van der Waals surface area contributed by atoms with E-state index in [2.05, 4.69) is 6.92 Å². The molecule has 3 heteroatoms. The number of rotatable bonds is 7. The summed E-state index contributed by atoms with van der Waals surface area (Å²) in [4.78, 5) is 0. The molecule has 0 saturated heterocycles. The second kappa shape index (κ2) is 9.60. The minimum absolute atomic E-state index is 0.206. The van der Waals surface area contributed by atoms with Crippen LogP contribution in [0.15, 0.2) is 54.6 Å². The fourth-order valence-electron chi connectivity index (χ4n) is 3.30. The normalized spacial score (nSPS) is 11.3. The lowest BCUT2D eigenvalue weighted by Gasteiger charge is -2.07. The zero-order valence-electron chi connectivity index (χ0n) is 16.8. The van der Waals surface area contributed by atoms with Gasteiger partial charge in [0.25, 0.3) is 0 Å². The maximum atomic E-state index is 14.5. The molecule has 0 aromatic heterocycles. The van der Waals surface area contributed by atoms with E-state index in [0.717, 1.165) is 36.0 Å². The first-order valence-electron chi connectivity index (χ1n) is 10.1. The molecule has 0 atom stereocenters. The Hall–Kier alpha value is -2.81. The summed E-state index contributed by atoms with van der Waals surface area (Å²) < 4.78 is 42.5. The first-order chi connectivity index (χ1) is 14.0. The average molecular weight is 394 g/mol. The van der Waals surface area contributed by atoms with Crippen LogP contribution in [0, 0.1) is 17.5 Å². The maximum absolute atomic E-state index is 14.5. The first-order valence-corrected chi connectivity index (χ1v) is 10.1. The molecule has 3 aromatic rings. The van der Waals surface area contributed by atoms with Crippen molar-refractivity contribution in [2.45, 2.75) is 39.5 Å². The second-order valence-electron chi connectivity index (χ2n) is 7.17. The number of unbranched alkanes of at least 4 members (excludes halogenated alkanes) is 1. The van der Waals surface area contributed by atoms with Crippen LogP contribution in [-0.2, 0) is 12.8 Å². The summed E-state index contributed by atoms with van der Waals surface area (Å²) >= 11 is 0. The van der Waals surface area contributed by atoms with Gasteiger partial charge in [0.05, 0.1) is 0 Å². The van der Waals surface area contributed by atoms with Gasteiger partial charge in [-0.15, -0.1) is 0 Å². The third-order valence-corrected chi connectivity index (χ3v) is 5.10. The van der Waals surface area contributed by atoms with Crippen molar-refractivity contribution in [3.8, 4) is 11.1 Å². The molecule has 0 heterocycles. The molecule has 0 amide bonds. The van der Waals surface area contributed by atoms with Gasteiger partial charge in [-0.1, -0.05) is 81.0 Å². The predicted molar refractivity (Wildman–Crippen MR) is 115 cm³/mol. The Morgan fingerprint density at radius 1 is 0.793 bits per heavy atom. The minimum atomic E-state index is -0.831. The third-order valence-electron chi connectivity index (χ3n) is 5.10. The van der Waals surface area contributed by atoms with Crippen LogP contribution in [0.4, 0.5) is 13.2 Å². The number of hydrogen-bond donors (Lipinski definition) is 0. The monoisotopic (exact) mass is 394 g/mol. The van der Waals surface area contributed by atoms with E-state index in [-0.39, 0.29) is 11.4 Å². The maximum Gasteiger partial charge on any atom is 0.166 e. The fourth-order valence-corrected chi connectivity index (χ4v) is 3.30. The Morgan fingerprint density at radius 2 is 1.55 bits per heavy atom. The van der Waals surface area contributed by atoms with E-state index in [1.165, 1.54) is 0 Å². The van der Waals surface area contributed by atoms with Crippen LogP contribution in [0.5, 0.6) is 0 Å². The summed E-state index contributed by atoms with van der Waals surface area (Å²) in [5, 5.41) is 0. The number of halogens is 3. The van der Waals surface area contributed by atoms with Gasteiger partial charge in [-0.2, -0.15) is 0 Å². The standard InChI is InChI=1S/C26H25F3/c1-3-5-6-19-10-16-23(24(27)17-19)21-11-7-18(8-12-21)9-13-22-15-14-20(4-2)25(28)26(22)29/h7-17H,3-6H2,1-2H3. The Labute approximate surface area is 170 Å². The molecule has 0 aliphatic carbocycles. The summed E-state index contributed by atoms with van der Waals surface area (Å²) in [6.07, 6.45) is 6.73. The molecule has 0 radical (unpaired) electrons. The van der Waals surface area contributed by atoms with Gasteiger partial charge in [0.15, 0.2) is 11.6 Å². The van der Waals surface area contributed by atoms with Crippen molar-refractivity contribution in [1.29, 1.82) is 0 Å². The quantitative estimate of drug-likeness (QED) is 0.358. The number of aryl methyl sites for hydroxylation is 2. The number of benzene rings is 3. The first kappa shape index (κ1) is 20.9.